The average Bonchev–Trinajstić information content (AvgIpc) is 2.91. The van der Waals surface area contributed by atoms with E-state index in [0.717, 1.165) is 22.5 Å². The van der Waals surface area contributed by atoms with Crippen molar-refractivity contribution < 1.29 is 32.2 Å². The van der Waals surface area contributed by atoms with Gasteiger partial charge in [-0.3, -0.25) is 9.59 Å². The van der Waals surface area contributed by atoms with Gasteiger partial charge in [-0.05, 0) is 64.7 Å². The van der Waals surface area contributed by atoms with Gasteiger partial charge in [0.25, 0.3) is 5.56 Å². The van der Waals surface area contributed by atoms with Gasteiger partial charge in [0.15, 0.2) is 0 Å². The molecule has 0 atom stereocenters. The second-order valence-corrected chi connectivity index (χ2v) is 11.0. The second-order valence-electron chi connectivity index (χ2n) is 8.28. The summed E-state index contributed by atoms with van der Waals surface area (Å²) in [6, 6.07) is 13.1. The monoisotopic (exact) mass is 606 g/mol. The zero-order valence-electron chi connectivity index (χ0n) is 21.2. The van der Waals surface area contributed by atoms with Crippen molar-refractivity contribution >= 4 is 37.9 Å². The highest BCUT2D eigenvalue weighted by molar-refractivity contribution is 9.10. The lowest BCUT2D eigenvalue weighted by Gasteiger charge is -2.23. The lowest BCUT2D eigenvalue weighted by atomic mass is 9.98. The molecule has 0 saturated carbocycles. The summed E-state index contributed by atoms with van der Waals surface area (Å²) in [7, 11) is -0.393. The molecule has 10 nitrogen and oxygen atoms in total. The number of carbonyl (C=O) groups is 2. The highest BCUT2D eigenvalue weighted by Crippen LogP contribution is 2.27. The molecule has 0 unspecified atom stereocenters. The van der Waals surface area contributed by atoms with Crippen LogP contribution < -0.4 is 10.3 Å². The molecule has 1 aromatic heterocycles. The smallest absolute Gasteiger partial charge is 0.340 e. The summed E-state index contributed by atoms with van der Waals surface area (Å²) < 4.78 is 42.9. The molecule has 0 aliphatic carbocycles. The van der Waals surface area contributed by atoms with E-state index < -0.39 is 40.6 Å². The van der Waals surface area contributed by atoms with Crippen LogP contribution in [0, 0.1) is 6.92 Å². The number of sulfonamides is 1. The minimum Gasteiger partial charge on any atom is -0.497 e. The lowest BCUT2D eigenvalue weighted by Crippen LogP contribution is -2.37. The molecule has 0 aliphatic heterocycles. The maximum Gasteiger partial charge on any atom is 0.340 e. The van der Waals surface area contributed by atoms with E-state index >= 15 is 0 Å². The SMILES string of the molecule is COC(=O)CN(Cc1[nH]c(=O)c(Br)c(Cc2ccc(OC)cc2)c1C(=O)OC)S(=O)(=O)c1ccc(C)cc1. The van der Waals surface area contributed by atoms with E-state index in [1.807, 2.05) is 6.92 Å². The van der Waals surface area contributed by atoms with Crippen molar-refractivity contribution in [2.75, 3.05) is 27.9 Å². The standard InChI is InChI=1S/C26H27BrN2O8S/c1-16-5-11-19(12-6-16)38(33,34)29(15-22(30)36-3)14-21-23(26(32)37-4)20(24(27)25(31)28-21)13-17-7-9-18(35-2)10-8-17/h5-12H,13-15H2,1-4H3,(H,28,31). The van der Waals surface area contributed by atoms with Crippen LogP contribution in [0.15, 0.2) is 62.7 Å². The number of aryl methyl sites for hydroxylation is 1. The van der Waals surface area contributed by atoms with Crippen molar-refractivity contribution in [3.63, 3.8) is 0 Å². The van der Waals surface area contributed by atoms with Crippen LogP contribution in [-0.2, 0) is 37.3 Å². The van der Waals surface area contributed by atoms with Crippen LogP contribution >= 0.6 is 15.9 Å². The van der Waals surface area contributed by atoms with Crippen molar-refractivity contribution in [2.24, 2.45) is 0 Å². The zero-order valence-corrected chi connectivity index (χ0v) is 23.6. The Balaban J connectivity index is 2.16. The largest absolute Gasteiger partial charge is 0.497 e. The number of hydrogen-bond acceptors (Lipinski definition) is 8. The minimum atomic E-state index is -4.24. The van der Waals surface area contributed by atoms with Crippen LogP contribution in [0.4, 0.5) is 0 Å². The third-order valence-electron chi connectivity index (χ3n) is 5.79. The Morgan fingerprint density at radius 3 is 2.16 bits per heavy atom. The summed E-state index contributed by atoms with van der Waals surface area (Å²) in [6.45, 7) is 0.648. The normalized spacial score (nSPS) is 11.3. The first-order valence-electron chi connectivity index (χ1n) is 11.3. The molecule has 38 heavy (non-hydrogen) atoms. The quantitative estimate of drug-likeness (QED) is 0.348. The molecule has 12 heteroatoms. The van der Waals surface area contributed by atoms with E-state index in [9.17, 15) is 22.8 Å². The van der Waals surface area contributed by atoms with E-state index in [4.69, 9.17) is 14.2 Å². The molecular weight excluding hydrogens is 580 g/mol. The molecular formula is C26H27BrN2O8S. The van der Waals surface area contributed by atoms with Crippen LogP contribution in [0.3, 0.4) is 0 Å². The zero-order chi connectivity index (χ0) is 28.0. The van der Waals surface area contributed by atoms with Crippen molar-refractivity contribution in [1.29, 1.82) is 0 Å². The Morgan fingerprint density at radius 1 is 0.974 bits per heavy atom. The Morgan fingerprint density at radius 2 is 1.61 bits per heavy atom. The van der Waals surface area contributed by atoms with Crippen molar-refractivity contribution in [3.05, 3.63) is 91.3 Å². The fourth-order valence-electron chi connectivity index (χ4n) is 3.73. The number of ether oxygens (including phenoxy) is 3. The van der Waals surface area contributed by atoms with Gasteiger partial charge in [0, 0.05) is 5.69 Å². The molecule has 1 heterocycles. The van der Waals surface area contributed by atoms with Crippen LogP contribution in [0.2, 0.25) is 0 Å². The van der Waals surface area contributed by atoms with Gasteiger partial charge in [-0.2, -0.15) is 4.31 Å². The van der Waals surface area contributed by atoms with Gasteiger partial charge >= 0.3 is 11.9 Å². The second kappa shape index (κ2) is 12.4. The molecule has 3 aromatic rings. The summed E-state index contributed by atoms with van der Waals surface area (Å²) in [5.41, 5.74) is 1.26. The first-order valence-corrected chi connectivity index (χ1v) is 13.5. The number of pyridine rings is 1. The first kappa shape index (κ1) is 29.1. The molecule has 2 aromatic carbocycles. The number of nitrogens with one attached hydrogen (secondary N) is 1. The molecule has 0 amide bonds. The first-order chi connectivity index (χ1) is 18.0. The number of esters is 2. The Hall–Kier alpha value is -3.48. The Labute approximate surface area is 228 Å². The molecule has 0 spiro atoms. The Kier molecular flexibility index (Phi) is 9.47. The highest BCUT2D eigenvalue weighted by Gasteiger charge is 2.31. The van der Waals surface area contributed by atoms with Gasteiger partial charge in [-0.15, -0.1) is 0 Å². The number of aromatic amines is 1. The maximum atomic E-state index is 13.5. The van der Waals surface area contributed by atoms with Gasteiger partial charge in [-0.25, -0.2) is 13.2 Å². The molecule has 0 bridgehead atoms. The minimum absolute atomic E-state index is 0.0243. The van der Waals surface area contributed by atoms with Gasteiger partial charge < -0.3 is 19.2 Å². The topological polar surface area (TPSA) is 132 Å². The molecule has 3 rings (SSSR count). The van der Waals surface area contributed by atoms with Gasteiger partial charge in [0.1, 0.15) is 12.3 Å². The lowest BCUT2D eigenvalue weighted by molar-refractivity contribution is -0.140. The average molecular weight is 607 g/mol. The summed E-state index contributed by atoms with van der Waals surface area (Å²) >= 11 is 3.27. The van der Waals surface area contributed by atoms with Crippen LogP contribution in [0.5, 0.6) is 5.75 Å². The number of halogens is 1. The van der Waals surface area contributed by atoms with Crippen molar-refractivity contribution in [1.82, 2.24) is 9.29 Å². The fourth-order valence-corrected chi connectivity index (χ4v) is 5.52. The number of rotatable bonds is 10. The molecule has 0 radical (unpaired) electrons. The van der Waals surface area contributed by atoms with Crippen LogP contribution in [-0.4, -0.2) is 57.5 Å². The number of aromatic nitrogens is 1. The van der Waals surface area contributed by atoms with Crippen molar-refractivity contribution in [2.45, 2.75) is 24.8 Å². The summed E-state index contributed by atoms with van der Waals surface area (Å²) in [5.74, 6) is -0.975. The predicted molar refractivity (Wildman–Crippen MR) is 143 cm³/mol. The molecule has 0 aliphatic rings. The van der Waals surface area contributed by atoms with E-state index in [0.29, 0.717) is 11.3 Å². The fraction of sp³-hybridized carbons (Fsp3) is 0.269. The maximum absolute atomic E-state index is 13.5. The third-order valence-corrected chi connectivity index (χ3v) is 8.43. The van der Waals surface area contributed by atoms with E-state index in [1.54, 1.807) is 36.4 Å². The van der Waals surface area contributed by atoms with Crippen molar-refractivity contribution in [3.8, 4) is 5.75 Å². The molecule has 0 saturated heterocycles. The third kappa shape index (κ3) is 6.50. The van der Waals surface area contributed by atoms with Crippen LogP contribution in [0.1, 0.15) is 32.7 Å². The number of hydrogen-bond donors (Lipinski definition) is 1. The predicted octanol–water partition coefficient (Wildman–Crippen LogP) is 3.20. The molecule has 0 fully saturated rings. The van der Waals surface area contributed by atoms with E-state index in [-0.39, 0.29) is 27.0 Å². The van der Waals surface area contributed by atoms with Crippen LogP contribution in [0.25, 0.3) is 0 Å². The molecule has 1 N–H and O–H groups in total. The van der Waals surface area contributed by atoms with E-state index in [1.165, 1.54) is 26.4 Å². The summed E-state index contributed by atoms with van der Waals surface area (Å²) in [5, 5.41) is 0. The van der Waals surface area contributed by atoms with Gasteiger partial charge in [0.2, 0.25) is 10.0 Å². The number of methoxy groups -OCH3 is 3. The Bertz CT molecular complexity index is 1480. The summed E-state index contributed by atoms with van der Waals surface area (Å²) in [6.07, 6.45) is 0.146. The summed E-state index contributed by atoms with van der Waals surface area (Å²) in [4.78, 5) is 40.6. The van der Waals surface area contributed by atoms with Gasteiger partial charge in [-0.1, -0.05) is 29.8 Å². The number of H-pyrrole nitrogens is 1. The molecule has 202 valence electrons. The van der Waals surface area contributed by atoms with Gasteiger partial charge in [0.05, 0.1) is 42.8 Å². The van der Waals surface area contributed by atoms with E-state index in [2.05, 4.69) is 20.9 Å². The number of carbonyl (C=O) groups excluding carboxylic acids is 2. The number of nitrogens with zero attached hydrogens (tertiary/aromatic N) is 1. The number of benzene rings is 2. The highest BCUT2D eigenvalue weighted by atomic mass is 79.9.